The van der Waals surface area contributed by atoms with Gasteiger partial charge in [0.15, 0.2) is 0 Å². The quantitative estimate of drug-likeness (QED) is 0.817. The zero-order valence-corrected chi connectivity index (χ0v) is 13.8. The topological polar surface area (TPSA) is 43.8 Å². The Kier molecular flexibility index (Phi) is 5.23. The molecule has 0 bridgehead atoms. The van der Waals surface area contributed by atoms with Gasteiger partial charge in [-0.15, -0.1) is 11.8 Å². The zero-order valence-electron chi connectivity index (χ0n) is 11.4. The van der Waals surface area contributed by atoms with Crippen LogP contribution in [-0.2, 0) is 0 Å². The molecule has 0 spiro atoms. The van der Waals surface area contributed by atoms with E-state index in [2.05, 4.69) is 34.9 Å². The molecule has 0 aliphatic rings. The third-order valence-electron chi connectivity index (χ3n) is 2.88. The van der Waals surface area contributed by atoms with Gasteiger partial charge in [-0.25, -0.2) is 4.39 Å². The predicted molar refractivity (Wildman–Crippen MR) is 84.4 cm³/mol. The van der Waals surface area contributed by atoms with E-state index in [9.17, 15) is 4.39 Å². The third-order valence-corrected chi connectivity index (χ3v) is 4.66. The SMILES string of the molecule is CC(C)n1ncc(Br)c1C(N)CSc1ccccc1F. The van der Waals surface area contributed by atoms with Gasteiger partial charge in [-0.05, 0) is 41.9 Å². The van der Waals surface area contributed by atoms with Gasteiger partial charge in [0.1, 0.15) is 5.82 Å². The molecule has 0 aliphatic heterocycles. The standard InChI is InChI=1S/C14H17BrFN3S/c1-9(2)19-14(10(15)7-18-19)12(17)8-20-13-6-4-3-5-11(13)16/h3-7,9,12H,8,17H2,1-2H3. The number of aromatic nitrogens is 2. The summed E-state index contributed by atoms with van der Waals surface area (Å²) in [4.78, 5) is 0.620. The molecule has 0 radical (unpaired) electrons. The van der Waals surface area contributed by atoms with Crippen molar-refractivity contribution in [3.05, 3.63) is 46.4 Å². The van der Waals surface area contributed by atoms with Crippen molar-refractivity contribution in [1.29, 1.82) is 0 Å². The summed E-state index contributed by atoms with van der Waals surface area (Å²) in [6, 6.07) is 6.76. The van der Waals surface area contributed by atoms with Crippen molar-refractivity contribution >= 4 is 27.7 Å². The van der Waals surface area contributed by atoms with Crippen molar-refractivity contribution < 1.29 is 4.39 Å². The maximum Gasteiger partial charge on any atom is 0.136 e. The molecule has 1 aromatic heterocycles. The summed E-state index contributed by atoms with van der Waals surface area (Å²) in [5, 5.41) is 4.32. The van der Waals surface area contributed by atoms with Crippen LogP contribution in [0.3, 0.4) is 0 Å². The summed E-state index contributed by atoms with van der Waals surface area (Å²) in [6.45, 7) is 4.11. The van der Waals surface area contributed by atoms with Gasteiger partial charge in [0, 0.05) is 16.7 Å². The fourth-order valence-corrected chi connectivity index (χ4v) is 3.39. The largest absolute Gasteiger partial charge is 0.322 e. The lowest BCUT2D eigenvalue weighted by atomic mass is 10.2. The fraction of sp³-hybridized carbons (Fsp3) is 0.357. The van der Waals surface area contributed by atoms with E-state index in [0.717, 1.165) is 10.2 Å². The smallest absolute Gasteiger partial charge is 0.136 e. The lowest BCUT2D eigenvalue weighted by molar-refractivity contribution is 0.494. The van der Waals surface area contributed by atoms with Crippen molar-refractivity contribution in [3.63, 3.8) is 0 Å². The van der Waals surface area contributed by atoms with Gasteiger partial charge in [0.25, 0.3) is 0 Å². The molecule has 1 heterocycles. The van der Waals surface area contributed by atoms with Gasteiger partial charge in [0.2, 0.25) is 0 Å². The Bertz CT molecular complexity index is 586. The van der Waals surface area contributed by atoms with Crippen LogP contribution in [0.2, 0.25) is 0 Å². The van der Waals surface area contributed by atoms with Gasteiger partial charge in [-0.2, -0.15) is 5.10 Å². The predicted octanol–water partition coefficient (Wildman–Crippen LogP) is 4.16. The first-order chi connectivity index (χ1) is 9.50. The van der Waals surface area contributed by atoms with Crippen LogP contribution in [0.5, 0.6) is 0 Å². The van der Waals surface area contributed by atoms with E-state index in [4.69, 9.17) is 5.73 Å². The van der Waals surface area contributed by atoms with E-state index in [1.807, 2.05) is 10.7 Å². The van der Waals surface area contributed by atoms with E-state index in [1.54, 1.807) is 18.3 Å². The number of nitrogens with two attached hydrogens (primary N) is 1. The van der Waals surface area contributed by atoms with Gasteiger partial charge in [0.05, 0.1) is 22.4 Å². The monoisotopic (exact) mass is 357 g/mol. The highest BCUT2D eigenvalue weighted by Gasteiger charge is 2.18. The van der Waals surface area contributed by atoms with Crippen LogP contribution in [0.15, 0.2) is 39.8 Å². The van der Waals surface area contributed by atoms with Crippen molar-refractivity contribution in [1.82, 2.24) is 9.78 Å². The molecule has 108 valence electrons. The van der Waals surface area contributed by atoms with Crippen LogP contribution >= 0.6 is 27.7 Å². The maximum absolute atomic E-state index is 13.6. The molecule has 0 saturated heterocycles. The average molecular weight is 358 g/mol. The minimum atomic E-state index is -0.209. The zero-order chi connectivity index (χ0) is 14.7. The normalized spacial score (nSPS) is 12.9. The highest BCUT2D eigenvalue weighted by molar-refractivity contribution is 9.10. The van der Waals surface area contributed by atoms with Gasteiger partial charge >= 0.3 is 0 Å². The van der Waals surface area contributed by atoms with E-state index in [-0.39, 0.29) is 17.9 Å². The second kappa shape index (κ2) is 6.74. The Balaban J connectivity index is 2.11. The first-order valence-electron chi connectivity index (χ1n) is 6.36. The van der Waals surface area contributed by atoms with Crippen LogP contribution in [-0.4, -0.2) is 15.5 Å². The van der Waals surface area contributed by atoms with Crippen LogP contribution < -0.4 is 5.73 Å². The average Bonchev–Trinajstić information content (AvgIpc) is 2.79. The molecule has 0 amide bonds. The van der Waals surface area contributed by atoms with Crippen molar-refractivity contribution in [3.8, 4) is 0 Å². The Morgan fingerprint density at radius 3 is 2.75 bits per heavy atom. The molecule has 3 nitrogen and oxygen atoms in total. The van der Waals surface area contributed by atoms with Crippen LogP contribution in [0.1, 0.15) is 31.6 Å². The van der Waals surface area contributed by atoms with Crippen molar-refractivity contribution in [2.45, 2.75) is 30.8 Å². The molecule has 2 rings (SSSR count). The summed E-state index contributed by atoms with van der Waals surface area (Å²) in [7, 11) is 0. The van der Waals surface area contributed by atoms with Gasteiger partial charge in [-0.1, -0.05) is 12.1 Å². The van der Waals surface area contributed by atoms with Crippen LogP contribution in [0.25, 0.3) is 0 Å². The minimum Gasteiger partial charge on any atom is -0.322 e. The molecule has 6 heteroatoms. The molecule has 1 aromatic carbocycles. The highest BCUT2D eigenvalue weighted by Crippen LogP contribution is 2.30. The molecule has 0 aliphatic carbocycles. The summed E-state index contributed by atoms with van der Waals surface area (Å²) >= 11 is 4.90. The van der Waals surface area contributed by atoms with E-state index < -0.39 is 0 Å². The van der Waals surface area contributed by atoms with Gasteiger partial charge < -0.3 is 5.73 Å². The number of thioether (sulfide) groups is 1. The summed E-state index contributed by atoms with van der Waals surface area (Å²) < 4.78 is 16.4. The molecule has 2 aromatic rings. The Morgan fingerprint density at radius 1 is 1.40 bits per heavy atom. The summed E-state index contributed by atoms with van der Waals surface area (Å²) in [5.41, 5.74) is 7.19. The molecular formula is C14H17BrFN3S. The highest BCUT2D eigenvalue weighted by atomic mass is 79.9. The number of benzene rings is 1. The van der Waals surface area contributed by atoms with E-state index in [0.29, 0.717) is 10.6 Å². The first-order valence-corrected chi connectivity index (χ1v) is 8.14. The van der Waals surface area contributed by atoms with E-state index >= 15 is 0 Å². The molecule has 0 saturated carbocycles. The Hall–Kier alpha value is -0.850. The summed E-state index contributed by atoms with van der Waals surface area (Å²) in [5.74, 6) is 0.388. The fourth-order valence-electron chi connectivity index (χ4n) is 1.93. The second-order valence-corrected chi connectivity index (χ2v) is 6.68. The number of hydrogen-bond acceptors (Lipinski definition) is 3. The van der Waals surface area contributed by atoms with Crippen molar-refractivity contribution in [2.75, 3.05) is 5.75 Å². The van der Waals surface area contributed by atoms with E-state index in [1.165, 1.54) is 17.8 Å². The van der Waals surface area contributed by atoms with Crippen LogP contribution in [0.4, 0.5) is 4.39 Å². The Morgan fingerprint density at radius 2 is 2.10 bits per heavy atom. The number of halogens is 2. The molecule has 20 heavy (non-hydrogen) atoms. The lowest BCUT2D eigenvalue weighted by Gasteiger charge is -2.17. The van der Waals surface area contributed by atoms with Crippen LogP contribution in [0, 0.1) is 5.82 Å². The van der Waals surface area contributed by atoms with Gasteiger partial charge in [-0.3, -0.25) is 4.68 Å². The van der Waals surface area contributed by atoms with Crippen molar-refractivity contribution in [2.24, 2.45) is 5.73 Å². The molecule has 1 unspecified atom stereocenters. The molecule has 1 atom stereocenters. The second-order valence-electron chi connectivity index (χ2n) is 4.76. The maximum atomic E-state index is 13.6. The molecule has 0 fully saturated rings. The number of nitrogens with zero attached hydrogens (tertiary/aromatic N) is 2. The number of hydrogen-bond donors (Lipinski definition) is 1. The first kappa shape index (κ1) is 15.5. The lowest BCUT2D eigenvalue weighted by Crippen LogP contribution is -2.20. The Labute approximate surface area is 130 Å². The number of rotatable bonds is 5. The summed E-state index contributed by atoms with van der Waals surface area (Å²) in [6.07, 6.45) is 1.75. The third kappa shape index (κ3) is 3.42. The molecule has 2 N–H and O–H groups in total. The minimum absolute atomic E-state index is 0.207. The molecular weight excluding hydrogens is 341 g/mol.